The standard InChI is InChI=1S/C12H15FN4O4/c1-21-8(4-18)10(20)7(19)3-17-2-6(13)9-11(14)15-5-16-12(9)17/h2-3,5,8,10,18-20H,4H2,1H3,(H2,14,15,16)/t8?,10-/m1/s1. The van der Waals surface area contributed by atoms with Gasteiger partial charge in [-0.2, -0.15) is 0 Å². The number of aliphatic hydroxyl groups excluding tert-OH is 3. The van der Waals surface area contributed by atoms with Crippen LogP contribution in [0.1, 0.15) is 0 Å². The SMILES string of the molecule is COC(CO)[C@H](O)C(O)=Cn1cc(F)c2c(N)ncnc21. The van der Waals surface area contributed by atoms with Crippen molar-refractivity contribution in [3.63, 3.8) is 0 Å². The number of halogens is 1. The van der Waals surface area contributed by atoms with Crippen LogP contribution in [-0.4, -0.2) is 55.8 Å². The Morgan fingerprint density at radius 1 is 1.57 bits per heavy atom. The summed E-state index contributed by atoms with van der Waals surface area (Å²) < 4.78 is 19.8. The zero-order valence-electron chi connectivity index (χ0n) is 11.1. The van der Waals surface area contributed by atoms with E-state index < -0.39 is 30.4 Å². The third kappa shape index (κ3) is 2.79. The lowest BCUT2D eigenvalue weighted by Crippen LogP contribution is -2.33. The van der Waals surface area contributed by atoms with E-state index in [0.717, 1.165) is 23.3 Å². The maximum absolute atomic E-state index is 13.8. The molecule has 8 nitrogen and oxygen atoms in total. The van der Waals surface area contributed by atoms with Crippen LogP contribution in [-0.2, 0) is 4.74 Å². The fourth-order valence-electron chi connectivity index (χ4n) is 1.87. The molecule has 0 spiro atoms. The second-order valence-electron chi connectivity index (χ2n) is 4.30. The van der Waals surface area contributed by atoms with Crippen molar-refractivity contribution in [1.29, 1.82) is 0 Å². The maximum Gasteiger partial charge on any atom is 0.154 e. The summed E-state index contributed by atoms with van der Waals surface area (Å²) >= 11 is 0. The van der Waals surface area contributed by atoms with E-state index in [-0.39, 0.29) is 16.9 Å². The fourth-order valence-corrected chi connectivity index (χ4v) is 1.87. The van der Waals surface area contributed by atoms with Gasteiger partial charge in [0.15, 0.2) is 11.5 Å². The van der Waals surface area contributed by atoms with Gasteiger partial charge < -0.3 is 30.4 Å². The predicted molar refractivity (Wildman–Crippen MR) is 72.7 cm³/mol. The Morgan fingerprint density at radius 2 is 2.29 bits per heavy atom. The molecule has 9 heteroatoms. The van der Waals surface area contributed by atoms with Gasteiger partial charge in [0.2, 0.25) is 0 Å². The molecule has 2 rings (SSSR count). The Bertz CT molecular complexity index is 669. The fraction of sp³-hybridized carbons (Fsp3) is 0.333. The van der Waals surface area contributed by atoms with E-state index in [4.69, 9.17) is 15.6 Å². The van der Waals surface area contributed by atoms with Crippen molar-refractivity contribution < 1.29 is 24.4 Å². The second-order valence-corrected chi connectivity index (χ2v) is 4.30. The third-order valence-electron chi connectivity index (χ3n) is 3.00. The second kappa shape index (κ2) is 6.04. The van der Waals surface area contributed by atoms with Crippen molar-refractivity contribution in [2.75, 3.05) is 19.5 Å². The molecular formula is C12H15FN4O4. The lowest BCUT2D eigenvalue weighted by Gasteiger charge is -2.18. The van der Waals surface area contributed by atoms with Crippen molar-refractivity contribution in [2.45, 2.75) is 12.2 Å². The molecule has 0 saturated carbocycles. The van der Waals surface area contributed by atoms with Crippen molar-refractivity contribution in [3.05, 3.63) is 24.1 Å². The van der Waals surface area contributed by atoms with Gasteiger partial charge in [-0.25, -0.2) is 14.4 Å². The highest BCUT2D eigenvalue weighted by molar-refractivity contribution is 5.88. The minimum absolute atomic E-state index is 0.0153. The molecule has 0 amide bonds. The number of nitrogen functional groups attached to an aromatic ring is 1. The highest BCUT2D eigenvalue weighted by atomic mass is 19.1. The molecular weight excluding hydrogens is 283 g/mol. The summed E-state index contributed by atoms with van der Waals surface area (Å²) in [5, 5.41) is 28.7. The number of methoxy groups -OCH3 is 1. The molecule has 5 N–H and O–H groups in total. The van der Waals surface area contributed by atoms with E-state index in [1.54, 1.807) is 0 Å². The largest absolute Gasteiger partial charge is 0.508 e. The van der Waals surface area contributed by atoms with Gasteiger partial charge in [0.05, 0.1) is 18.2 Å². The van der Waals surface area contributed by atoms with Crippen LogP contribution in [0.5, 0.6) is 0 Å². The van der Waals surface area contributed by atoms with Gasteiger partial charge in [-0.1, -0.05) is 0 Å². The predicted octanol–water partition coefficient (Wildman–Crippen LogP) is -0.123. The van der Waals surface area contributed by atoms with Gasteiger partial charge in [-0.05, 0) is 0 Å². The summed E-state index contributed by atoms with van der Waals surface area (Å²) in [7, 11) is 1.27. The first-order valence-electron chi connectivity index (χ1n) is 5.98. The van der Waals surface area contributed by atoms with Crippen LogP contribution in [0.3, 0.4) is 0 Å². The molecule has 0 fully saturated rings. The lowest BCUT2D eigenvalue weighted by atomic mass is 10.2. The first-order chi connectivity index (χ1) is 9.99. The quantitative estimate of drug-likeness (QED) is 0.567. The van der Waals surface area contributed by atoms with Crippen molar-refractivity contribution in [3.8, 4) is 0 Å². The van der Waals surface area contributed by atoms with E-state index in [0.29, 0.717) is 0 Å². The number of aromatic nitrogens is 3. The first-order valence-corrected chi connectivity index (χ1v) is 5.98. The normalized spacial score (nSPS) is 15.3. The minimum atomic E-state index is -1.47. The van der Waals surface area contributed by atoms with Gasteiger partial charge in [0, 0.05) is 13.3 Å². The molecule has 2 heterocycles. The third-order valence-corrected chi connectivity index (χ3v) is 3.00. The smallest absolute Gasteiger partial charge is 0.154 e. The summed E-state index contributed by atoms with van der Waals surface area (Å²) in [5.74, 6) is -1.22. The summed E-state index contributed by atoms with van der Waals surface area (Å²) in [6.45, 7) is -0.495. The maximum atomic E-state index is 13.8. The number of hydrogen-bond acceptors (Lipinski definition) is 7. The summed E-state index contributed by atoms with van der Waals surface area (Å²) in [5.41, 5.74) is 5.70. The molecule has 0 radical (unpaired) electrons. The lowest BCUT2D eigenvalue weighted by molar-refractivity contribution is -0.0388. The molecule has 1 unspecified atom stereocenters. The van der Waals surface area contributed by atoms with Crippen LogP contribution in [0.25, 0.3) is 17.2 Å². The Morgan fingerprint density at radius 3 is 2.90 bits per heavy atom. The van der Waals surface area contributed by atoms with E-state index in [9.17, 15) is 14.6 Å². The summed E-state index contributed by atoms with van der Waals surface area (Å²) in [6.07, 6.45) is 0.775. The van der Waals surface area contributed by atoms with Crippen LogP contribution in [0.4, 0.5) is 10.2 Å². The van der Waals surface area contributed by atoms with E-state index in [1.807, 2.05) is 0 Å². The van der Waals surface area contributed by atoms with Gasteiger partial charge in [-0.15, -0.1) is 0 Å². The van der Waals surface area contributed by atoms with E-state index >= 15 is 0 Å². The van der Waals surface area contributed by atoms with Crippen LogP contribution in [0, 0.1) is 5.82 Å². The van der Waals surface area contributed by atoms with Gasteiger partial charge in [0.25, 0.3) is 0 Å². The molecule has 0 aliphatic heterocycles. The Balaban J connectivity index is 2.43. The molecule has 0 aromatic carbocycles. The number of anilines is 1. The molecule has 21 heavy (non-hydrogen) atoms. The molecule has 2 atom stereocenters. The average Bonchev–Trinajstić information content (AvgIpc) is 2.77. The number of hydrogen-bond donors (Lipinski definition) is 4. The molecule has 114 valence electrons. The molecule has 2 aromatic heterocycles. The highest BCUT2D eigenvalue weighted by Crippen LogP contribution is 2.23. The highest BCUT2D eigenvalue weighted by Gasteiger charge is 2.22. The number of ether oxygens (including phenoxy) is 1. The van der Waals surface area contributed by atoms with Crippen molar-refractivity contribution in [1.82, 2.24) is 14.5 Å². The topological polar surface area (TPSA) is 127 Å². The summed E-state index contributed by atoms with van der Waals surface area (Å²) in [6, 6.07) is 0. The first kappa shape index (κ1) is 15.2. The van der Waals surface area contributed by atoms with Crippen LogP contribution in [0.2, 0.25) is 0 Å². The molecule has 0 bridgehead atoms. The molecule has 0 saturated heterocycles. The van der Waals surface area contributed by atoms with E-state index in [2.05, 4.69) is 9.97 Å². The van der Waals surface area contributed by atoms with Gasteiger partial charge in [0.1, 0.15) is 30.1 Å². The van der Waals surface area contributed by atoms with Crippen molar-refractivity contribution in [2.24, 2.45) is 0 Å². The number of nitrogens with two attached hydrogens (primary N) is 1. The Kier molecular flexibility index (Phi) is 4.36. The molecule has 0 aliphatic rings. The number of nitrogens with zero attached hydrogens (tertiary/aromatic N) is 3. The van der Waals surface area contributed by atoms with Crippen LogP contribution < -0.4 is 5.73 Å². The number of aliphatic hydroxyl groups is 3. The number of fused-ring (bicyclic) bond motifs is 1. The zero-order valence-corrected chi connectivity index (χ0v) is 11.1. The minimum Gasteiger partial charge on any atom is -0.508 e. The van der Waals surface area contributed by atoms with E-state index in [1.165, 1.54) is 7.11 Å². The molecule has 2 aromatic rings. The van der Waals surface area contributed by atoms with Crippen molar-refractivity contribution >= 4 is 23.1 Å². The Hall–Kier alpha value is -2.23. The molecule has 0 aliphatic carbocycles. The summed E-state index contributed by atoms with van der Waals surface area (Å²) in [4.78, 5) is 7.55. The van der Waals surface area contributed by atoms with Gasteiger partial charge in [-0.3, -0.25) is 0 Å². The monoisotopic (exact) mass is 298 g/mol. The van der Waals surface area contributed by atoms with Crippen LogP contribution in [0.15, 0.2) is 18.3 Å². The van der Waals surface area contributed by atoms with Gasteiger partial charge >= 0.3 is 0 Å². The van der Waals surface area contributed by atoms with Crippen LogP contribution >= 0.6 is 0 Å². The number of rotatable bonds is 5. The Labute approximate surface area is 118 Å². The zero-order chi connectivity index (χ0) is 15.6. The average molecular weight is 298 g/mol.